The van der Waals surface area contributed by atoms with Gasteiger partial charge in [-0.3, -0.25) is 9.69 Å². The van der Waals surface area contributed by atoms with E-state index < -0.39 is 0 Å². The molecule has 110 valence electrons. The minimum Gasteiger partial charge on any atom is -0.466 e. The summed E-state index contributed by atoms with van der Waals surface area (Å²) in [6.45, 7) is 7.31. The third-order valence-corrected chi connectivity index (χ3v) is 4.01. The zero-order valence-electron chi connectivity index (χ0n) is 12.5. The molecule has 0 amide bonds. The van der Waals surface area contributed by atoms with Crippen LogP contribution in [0.5, 0.6) is 0 Å². The predicted molar refractivity (Wildman–Crippen MR) is 80.2 cm³/mol. The van der Waals surface area contributed by atoms with E-state index in [1.54, 1.807) is 0 Å². The van der Waals surface area contributed by atoms with E-state index >= 15 is 0 Å². The lowest BCUT2D eigenvalue weighted by molar-refractivity contribution is -0.148. The van der Waals surface area contributed by atoms with Crippen LogP contribution in [0.25, 0.3) is 0 Å². The van der Waals surface area contributed by atoms with Crippen LogP contribution in [0.2, 0.25) is 0 Å². The molecule has 1 saturated heterocycles. The Bertz CT molecular complexity index is 418. The smallest absolute Gasteiger partial charge is 0.310 e. The first-order chi connectivity index (χ1) is 9.74. The van der Waals surface area contributed by atoms with Gasteiger partial charge in [-0.05, 0) is 24.8 Å². The van der Waals surface area contributed by atoms with E-state index in [0.29, 0.717) is 12.5 Å². The summed E-state index contributed by atoms with van der Waals surface area (Å²) in [4.78, 5) is 14.5. The average molecular weight is 275 g/mol. The number of hydrogen-bond donors (Lipinski definition) is 0. The summed E-state index contributed by atoms with van der Waals surface area (Å²) in [5.74, 6) is 0.489. The molecule has 0 N–H and O–H groups in total. The molecular weight excluding hydrogens is 250 g/mol. The Kier molecular flexibility index (Phi) is 5.60. The van der Waals surface area contributed by atoms with Gasteiger partial charge in [0.15, 0.2) is 0 Å². The minimum atomic E-state index is -0.0125. The van der Waals surface area contributed by atoms with Crippen LogP contribution in [0.15, 0.2) is 30.3 Å². The molecule has 0 spiro atoms. The standard InChI is InChI=1S/C17H25NO2/c1-3-8-15-12-18(11-14-9-6-5-7-10-14)13-16(15)17(19)20-4-2/h5-7,9-10,15-16H,3-4,8,11-13H2,1-2H3. The third-order valence-electron chi connectivity index (χ3n) is 4.01. The van der Waals surface area contributed by atoms with Crippen LogP contribution in [0, 0.1) is 11.8 Å². The van der Waals surface area contributed by atoms with Gasteiger partial charge in [-0.25, -0.2) is 0 Å². The number of hydrogen-bond acceptors (Lipinski definition) is 3. The van der Waals surface area contributed by atoms with Crippen LogP contribution in [0.4, 0.5) is 0 Å². The summed E-state index contributed by atoms with van der Waals surface area (Å²) in [5.41, 5.74) is 1.31. The monoisotopic (exact) mass is 275 g/mol. The van der Waals surface area contributed by atoms with Gasteiger partial charge in [0, 0.05) is 19.6 Å². The molecule has 3 nitrogen and oxygen atoms in total. The molecule has 0 aliphatic carbocycles. The van der Waals surface area contributed by atoms with E-state index in [4.69, 9.17) is 4.74 Å². The quantitative estimate of drug-likeness (QED) is 0.747. The van der Waals surface area contributed by atoms with Gasteiger partial charge in [-0.1, -0.05) is 43.7 Å². The van der Waals surface area contributed by atoms with Crippen LogP contribution >= 0.6 is 0 Å². The fourth-order valence-corrected chi connectivity index (χ4v) is 3.11. The second-order valence-electron chi connectivity index (χ2n) is 5.59. The topological polar surface area (TPSA) is 29.5 Å². The van der Waals surface area contributed by atoms with Gasteiger partial charge in [-0.15, -0.1) is 0 Å². The first-order valence-electron chi connectivity index (χ1n) is 7.67. The van der Waals surface area contributed by atoms with Crippen molar-refractivity contribution in [2.24, 2.45) is 11.8 Å². The fraction of sp³-hybridized carbons (Fsp3) is 0.588. The van der Waals surface area contributed by atoms with E-state index in [0.717, 1.165) is 32.5 Å². The maximum atomic E-state index is 12.1. The van der Waals surface area contributed by atoms with E-state index in [-0.39, 0.29) is 11.9 Å². The molecule has 2 atom stereocenters. The molecule has 1 fully saturated rings. The van der Waals surface area contributed by atoms with E-state index in [9.17, 15) is 4.79 Å². The van der Waals surface area contributed by atoms with Crippen LogP contribution in [-0.4, -0.2) is 30.6 Å². The molecule has 1 heterocycles. The molecule has 2 unspecified atom stereocenters. The molecule has 3 heteroatoms. The van der Waals surface area contributed by atoms with Crippen molar-refractivity contribution in [1.82, 2.24) is 4.90 Å². The van der Waals surface area contributed by atoms with Crippen LogP contribution < -0.4 is 0 Å². The van der Waals surface area contributed by atoms with Crippen LogP contribution in [0.3, 0.4) is 0 Å². The Morgan fingerprint density at radius 3 is 2.65 bits per heavy atom. The van der Waals surface area contributed by atoms with Gasteiger partial charge in [0.25, 0.3) is 0 Å². The van der Waals surface area contributed by atoms with Crippen molar-refractivity contribution in [2.45, 2.75) is 33.2 Å². The molecule has 1 aliphatic rings. The highest BCUT2D eigenvalue weighted by Gasteiger charge is 2.37. The highest BCUT2D eigenvalue weighted by molar-refractivity contribution is 5.73. The van der Waals surface area contributed by atoms with Crippen molar-refractivity contribution >= 4 is 5.97 Å². The highest BCUT2D eigenvalue weighted by Crippen LogP contribution is 2.29. The summed E-state index contributed by atoms with van der Waals surface area (Å²) in [5, 5.41) is 0. The number of carbonyl (C=O) groups is 1. The van der Waals surface area contributed by atoms with Gasteiger partial charge in [-0.2, -0.15) is 0 Å². The van der Waals surface area contributed by atoms with Gasteiger partial charge >= 0.3 is 5.97 Å². The number of carbonyl (C=O) groups excluding carboxylic acids is 1. The first-order valence-corrected chi connectivity index (χ1v) is 7.67. The Morgan fingerprint density at radius 2 is 2.00 bits per heavy atom. The number of likely N-dealkylation sites (tertiary alicyclic amines) is 1. The molecule has 1 aliphatic heterocycles. The molecule has 2 rings (SSSR count). The largest absolute Gasteiger partial charge is 0.466 e. The van der Waals surface area contributed by atoms with Crippen molar-refractivity contribution in [3.63, 3.8) is 0 Å². The van der Waals surface area contributed by atoms with Crippen molar-refractivity contribution in [3.8, 4) is 0 Å². The van der Waals surface area contributed by atoms with Crippen LogP contribution in [0.1, 0.15) is 32.3 Å². The summed E-state index contributed by atoms with van der Waals surface area (Å²) in [6.07, 6.45) is 2.23. The second kappa shape index (κ2) is 7.44. The molecule has 0 bridgehead atoms. The summed E-state index contributed by atoms with van der Waals surface area (Å²) in [7, 11) is 0. The van der Waals surface area contributed by atoms with Crippen LogP contribution in [-0.2, 0) is 16.1 Å². The Hall–Kier alpha value is -1.35. The number of rotatable bonds is 6. The fourth-order valence-electron chi connectivity index (χ4n) is 3.11. The summed E-state index contributed by atoms with van der Waals surface area (Å²) in [6, 6.07) is 10.5. The lowest BCUT2D eigenvalue weighted by Crippen LogP contribution is -2.25. The van der Waals surface area contributed by atoms with Crippen molar-refractivity contribution < 1.29 is 9.53 Å². The first kappa shape index (κ1) is 15.0. The van der Waals surface area contributed by atoms with E-state index in [2.05, 4.69) is 36.1 Å². The lowest BCUT2D eigenvalue weighted by Gasteiger charge is -2.15. The highest BCUT2D eigenvalue weighted by atomic mass is 16.5. The number of nitrogens with zero attached hydrogens (tertiary/aromatic N) is 1. The van der Waals surface area contributed by atoms with Gasteiger partial charge < -0.3 is 4.74 Å². The third kappa shape index (κ3) is 3.83. The van der Waals surface area contributed by atoms with Crippen molar-refractivity contribution in [1.29, 1.82) is 0 Å². The number of benzene rings is 1. The summed E-state index contributed by atoms with van der Waals surface area (Å²) < 4.78 is 5.24. The maximum Gasteiger partial charge on any atom is 0.310 e. The molecule has 0 radical (unpaired) electrons. The molecule has 0 aromatic heterocycles. The second-order valence-corrected chi connectivity index (χ2v) is 5.59. The SMILES string of the molecule is CCCC1CN(Cc2ccccc2)CC1C(=O)OCC. The molecule has 0 saturated carbocycles. The zero-order valence-corrected chi connectivity index (χ0v) is 12.5. The molecule has 1 aromatic carbocycles. The number of ether oxygens (including phenoxy) is 1. The Labute approximate surface area is 121 Å². The minimum absolute atomic E-state index is 0.0125. The predicted octanol–water partition coefficient (Wildman–Crippen LogP) is 3.10. The number of esters is 1. The van der Waals surface area contributed by atoms with E-state index in [1.807, 2.05) is 13.0 Å². The van der Waals surface area contributed by atoms with Gasteiger partial charge in [0.1, 0.15) is 0 Å². The van der Waals surface area contributed by atoms with E-state index in [1.165, 1.54) is 5.56 Å². The molecular formula is C17H25NO2. The normalized spacial score (nSPS) is 22.9. The Morgan fingerprint density at radius 1 is 1.25 bits per heavy atom. The Balaban J connectivity index is 1.98. The van der Waals surface area contributed by atoms with Gasteiger partial charge in [0.05, 0.1) is 12.5 Å². The maximum absolute atomic E-state index is 12.1. The lowest BCUT2D eigenvalue weighted by atomic mass is 9.92. The van der Waals surface area contributed by atoms with Crippen molar-refractivity contribution in [2.75, 3.05) is 19.7 Å². The van der Waals surface area contributed by atoms with Crippen molar-refractivity contribution in [3.05, 3.63) is 35.9 Å². The zero-order chi connectivity index (χ0) is 14.4. The average Bonchev–Trinajstić information content (AvgIpc) is 2.83. The molecule has 20 heavy (non-hydrogen) atoms. The van der Waals surface area contributed by atoms with Gasteiger partial charge in [0.2, 0.25) is 0 Å². The summed E-state index contributed by atoms with van der Waals surface area (Å²) >= 11 is 0. The molecule has 1 aromatic rings.